The number of anilines is 1. The van der Waals surface area contributed by atoms with Gasteiger partial charge in [0.15, 0.2) is 5.78 Å². The Morgan fingerprint density at radius 3 is 2.32 bits per heavy atom. The number of ketones is 1. The fourth-order valence-corrected chi connectivity index (χ4v) is 3.01. The summed E-state index contributed by atoms with van der Waals surface area (Å²) in [7, 11) is 0. The molecule has 0 aliphatic carbocycles. The molecule has 0 saturated carbocycles. The fraction of sp³-hybridized carbons (Fsp3) is 0.130. The number of hydrogen-bond acceptors (Lipinski definition) is 3. The van der Waals surface area contributed by atoms with Crippen LogP contribution in [0.2, 0.25) is 0 Å². The summed E-state index contributed by atoms with van der Waals surface area (Å²) in [6.07, 6.45) is 0.300. The van der Waals surface area contributed by atoms with E-state index in [1.54, 1.807) is 24.3 Å². The van der Waals surface area contributed by atoms with E-state index in [1.807, 2.05) is 55.5 Å². The summed E-state index contributed by atoms with van der Waals surface area (Å²) >= 11 is 2.23. The zero-order chi connectivity index (χ0) is 19.9. The number of hydrogen-bond donors (Lipinski definition) is 1. The lowest BCUT2D eigenvalue weighted by molar-refractivity contribution is -0.120. The molecule has 0 aliphatic heterocycles. The fourth-order valence-electron chi connectivity index (χ4n) is 2.65. The van der Waals surface area contributed by atoms with E-state index in [0.29, 0.717) is 23.4 Å². The second-order valence-corrected chi connectivity index (χ2v) is 7.69. The van der Waals surface area contributed by atoms with Gasteiger partial charge in [-0.1, -0.05) is 42.0 Å². The number of ether oxygens (including phenoxy) is 1. The van der Waals surface area contributed by atoms with Crippen molar-refractivity contribution in [3.63, 3.8) is 0 Å². The largest absolute Gasteiger partial charge is 0.485 e. The molecule has 4 nitrogen and oxygen atoms in total. The van der Waals surface area contributed by atoms with Crippen molar-refractivity contribution in [1.29, 1.82) is 0 Å². The number of Topliss-reactive ketones (excluding diaryl/α,β-unsaturated/α-hetero) is 1. The molecule has 3 aromatic rings. The maximum atomic E-state index is 12.6. The molecule has 0 aromatic heterocycles. The highest BCUT2D eigenvalue weighted by Crippen LogP contribution is 2.20. The summed E-state index contributed by atoms with van der Waals surface area (Å²) < 4.78 is 6.78. The lowest BCUT2D eigenvalue weighted by Gasteiger charge is -2.11. The summed E-state index contributed by atoms with van der Waals surface area (Å²) in [5.41, 5.74) is 3.16. The van der Waals surface area contributed by atoms with E-state index in [1.165, 1.54) is 0 Å². The van der Waals surface area contributed by atoms with Crippen LogP contribution in [0, 0.1) is 10.5 Å². The zero-order valence-electron chi connectivity index (χ0n) is 15.4. The first-order valence-electron chi connectivity index (χ1n) is 8.87. The van der Waals surface area contributed by atoms with Gasteiger partial charge in [0.05, 0.1) is 5.56 Å². The number of rotatable bonds is 7. The second kappa shape index (κ2) is 9.50. The van der Waals surface area contributed by atoms with Crippen LogP contribution >= 0.6 is 22.6 Å². The number of para-hydroxylation sites is 1. The molecule has 0 heterocycles. The molecule has 3 aromatic carbocycles. The number of aryl methyl sites for hydroxylation is 1. The van der Waals surface area contributed by atoms with Gasteiger partial charge in [-0.05, 0) is 71.5 Å². The van der Waals surface area contributed by atoms with E-state index in [-0.39, 0.29) is 18.3 Å². The standard InChI is InChI=1S/C23H20INO3/c1-16-6-12-19(13-7-16)25-23(27)21-4-2-3-5-22(21)28-15-20(26)14-17-8-10-18(24)11-9-17/h2-13H,14-15H2,1H3,(H,25,27). The van der Waals surface area contributed by atoms with Gasteiger partial charge in [0.2, 0.25) is 0 Å². The number of carbonyl (C=O) groups excluding carboxylic acids is 2. The van der Waals surface area contributed by atoms with Crippen LogP contribution in [0.3, 0.4) is 0 Å². The first kappa shape index (κ1) is 20.1. The molecular weight excluding hydrogens is 465 g/mol. The Morgan fingerprint density at radius 1 is 0.929 bits per heavy atom. The van der Waals surface area contributed by atoms with Gasteiger partial charge < -0.3 is 10.1 Å². The maximum absolute atomic E-state index is 12.6. The predicted octanol–water partition coefficient (Wildman–Crippen LogP) is 5.04. The van der Waals surface area contributed by atoms with Gasteiger partial charge in [0, 0.05) is 15.7 Å². The van der Waals surface area contributed by atoms with Gasteiger partial charge in [-0.3, -0.25) is 9.59 Å². The molecule has 3 rings (SSSR count). The normalized spacial score (nSPS) is 10.4. The smallest absolute Gasteiger partial charge is 0.259 e. The number of nitrogens with one attached hydrogen (secondary N) is 1. The van der Waals surface area contributed by atoms with E-state index in [9.17, 15) is 9.59 Å². The molecule has 0 aliphatic rings. The van der Waals surface area contributed by atoms with Crippen LogP contribution in [0.1, 0.15) is 21.5 Å². The van der Waals surface area contributed by atoms with Crippen molar-refractivity contribution < 1.29 is 14.3 Å². The Kier molecular flexibility index (Phi) is 6.81. The van der Waals surface area contributed by atoms with Crippen LogP contribution in [0.4, 0.5) is 5.69 Å². The molecule has 0 unspecified atom stereocenters. The van der Waals surface area contributed by atoms with Crippen LogP contribution in [0.15, 0.2) is 72.8 Å². The summed E-state index contributed by atoms with van der Waals surface area (Å²) in [6.45, 7) is 1.91. The summed E-state index contributed by atoms with van der Waals surface area (Å²) in [5, 5.41) is 2.85. The van der Waals surface area contributed by atoms with Gasteiger partial charge in [0.1, 0.15) is 12.4 Å². The van der Waals surface area contributed by atoms with Gasteiger partial charge in [0.25, 0.3) is 5.91 Å². The summed E-state index contributed by atoms with van der Waals surface area (Å²) in [4.78, 5) is 24.9. The Labute approximate surface area is 178 Å². The van der Waals surface area contributed by atoms with Gasteiger partial charge in [-0.25, -0.2) is 0 Å². The Bertz CT molecular complexity index is 966. The number of carbonyl (C=O) groups is 2. The van der Waals surface area contributed by atoms with Gasteiger partial charge in [-0.15, -0.1) is 0 Å². The van der Waals surface area contributed by atoms with Crippen LogP contribution in [-0.2, 0) is 11.2 Å². The van der Waals surface area contributed by atoms with Crippen molar-refractivity contribution in [1.82, 2.24) is 0 Å². The van der Waals surface area contributed by atoms with E-state index in [4.69, 9.17) is 4.74 Å². The SMILES string of the molecule is Cc1ccc(NC(=O)c2ccccc2OCC(=O)Cc2ccc(I)cc2)cc1. The molecule has 0 bridgehead atoms. The Balaban J connectivity index is 1.63. The number of halogens is 1. The highest BCUT2D eigenvalue weighted by Gasteiger charge is 2.14. The molecule has 142 valence electrons. The van der Waals surface area contributed by atoms with Crippen LogP contribution in [0.25, 0.3) is 0 Å². The van der Waals surface area contributed by atoms with E-state index >= 15 is 0 Å². The van der Waals surface area contributed by atoms with Crippen LogP contribution < -0.4 is 10.1 Å². The second-order valence-electron chi connectivity index (χ2n) is 6.45. The summed E-state index contributed by atoms with van der Waals surface area (Å²) in [5.74, 6) is 0.0718. The molecule has 0 saturated heterocycles. The molecule has 5 heteroatoms. The van der Waals surface area contributed by atoms with E-state index in [0.717, 1.165) is 14.7 Å². The first-order chi connectivity index (χ1) is 13.5. The number of amides is 1. The van der Waals surface area contributed by atoms with Crippen LogP contribution in [0.5, 0.6) is 5.75 Å². The van der Waals surface area contributed by atoms with E-state index < -0.39 is 0 Å². The predicted molar refractivity (Wildman–Crippen MR) is 119 cm³/mol. The van der Waals surface area contributed by atoms with Crippen molar-refractivity contribution in [2.24, 2.45) is 0 Å². The Hall–Kier alpha value is -2.67. The first-order valence-corrected chi connectivity index (χ1v) is 9.95. The minimum Gasteiger partial charge on any atom is -0.485 e. The zero-order valence-corrected chi connectivity index (χ0v) is 17.6. The van der Waals surface area contributed by atoms with E-state index in [2.05, 4.69) is 27.9 Å². The minimum absolute atomic E-state index is 0.0463. The quantitative estimate of drug-likeness (QED) is 0.477. The minimum atomic E-state index is -0.274. The van der Waals surface area contributed by atoms with Crippen molar-refractivity contribution >= 4 is 40.0 Å². The molecule has 0 spiro atoms. The third-order valence-corrected chi connectivity index (χ3v) is 4.86. The highest BCUT2D eigenvalue weighted by atomic mass is 127. The summed E-state index contributed by atoms with van der Waals surface area (Å²) in [6, 6.07) is 22.3. The molecule has 0 fully saturated rings. The monoisotopic (exact) mass is 485 g/mol. The molecule has 28 heavy (non-hydrogen) atoms. The van der Waals surface area contributed by atoms with Crippen molar-refractivity contribution in [3.8, 4) is 5.75 Å². The average Bonchev–Trinajstić information content (AvgIpc) is 2.70. The Morgan fingerprint density at radius 2 is 1.61 bits per heavy atom. The maximum Gasteiger partial charge on any atom is 0.259 e. The van der Waals surface area contributed by atoms with Crippen molar-refractivity contribution in [2.45, 2.75) is 13.3 Å². The topological polar surface area (TPSA) is 55.4 Å². The molecular formula is C23H20INO3. The molecule has 0 radical (unpaired) electrons. The lowest BCUT2D eigenvalue weighted by atomic mass is 10.1. The highest BCUT2D eigenvalue weighted by molar-refractivity contribution is 14.1. The molecule has 0 atom stereocenters. The third kappa shape index (κ3) is 5.66. The lowest BCUT2D eigenvalue weighted by Crippen LogP contribution is -2.17. The average molecular weight is 485 g/mol. The van der Waals surface area contributed by atoms with Crippen LogP contribution in [-0.4, -0.2) is 18.3 Å². The van der Waals surface area contributed by atoms with Gasteiger partial charge in [-0.2, -0.15) is 0 Å². The van der Waals surface area contributed by atoms with Crippen molar-refractivity contribution in [3.05, 3.63) is 93.1 Å². The van der Waals surface area contributed by atoms with Gasteiger partial charge >= 0.3 is 0 Å². The molecule has 1 N–H and O–H groups in total. The molecule has 1 amide bonds. The third-order valence-electron chi connectivity index (χ3n) is 4.14. The number of benzene rings is 3. The van der Waals surface area contributed by atoms with Crippen molar-refractivity contribution in [2.75, 3.05) is 11.9 Å².